The maximum absolute atomic E-state index is 16.3. The number of hydrogen-bond donors (Lipinski definition) is 3. The summed E-state index contributed by atoms with van der Waals surface area (Å²) in [5.74, 6) is -1.55. The van der Waals surface area contributed by atoms with E-state index in [-0.39, 0.29) is 72.4 Å². The maximum atomic E-state index is 16.3. The fourth-order valence-corrected chi connectivity index (χ4v) is 10.2. The Kier molecular flexibility index (Phi) is 12.5. The van der Waals surface area contributed by atoms with Gasteiger partial charge in [-0.15, -0.1) is 0 Å². The lowest BCUT2D eigenvalue weighted by Crippen LogP contribution is -2.55. The summed E-state index contributed by atoms with van der Waals surface area (Å²) in [6, 6.07) is 9.89. The van der Waals surface area contributed by atoms with Gasteiger partial charge in [-0.05, 0) is 94.8 Å². The average Bonchev–Trinajstić information content (AvgIpc) is 3.61. The van der Waals surface area contributed by atoms with Gasteiger partial charge in [-0.2, -0.15) is 4.98 Å². The Bertz CT molecular complexity index is 2600. The lowest BCUT2D eigenvalue weighted by Gasteiger charge is -2.48. The zero-order valence-corrected chi connectivity index (χ0v) is 37.3. The summed E-state index contributed by atoms with van der Waals surface area (Å²) in [6.45, 7) is 6.24. The number of nitrogens with two attached hydrogens (primary N) is 1. The van der Waals surface area contributed by atoms with Crippen molar-refractivity contribution >= 4 is 63.6 Å². The number of methoxy groups -OCH3 is 1. The van der Waals surface area contributed by atoms with Crippen LogP contribution < -0.4 is 31.6 Å². The van der Waals surface area contributed by atoms with Gasteiger partial charge in [0.25, 0.3) is 17.4 Å². The zero-order chi connectivity index (χ0) is 45.7. The number of rotatable bonds is 13. The first kappa shape index (κ1) is 44.5. The van der Waals surface area contributed by atoms with Gasteiger partial charge in [0.05, 0.1) is 36.6 Å². The molecule has 1 aliphatic carbocycles. The van der Waals surface area contributed by atoms with Crippen LogP contribution in [-0.4, -0.2) is 118 Å². The molecule has 4 amide bonds. The van der Waals surface area contributed by atoms with Crippen molar-refractivity contribution < 1.29 is 37.8 Å². The quantitative estimate of drug-likeness (QED) is 0.158. The molecule has 6 heterocycles. The maximum Gasteiger partial charge on any atom is 0.293 e. The molecule has 344 valence electrons. The van der Waals surface area contributed by atoms with E-state index < -0.39 is 36.2 Å². The number of hydrogen-bond acceptors (Lipinski definition) is 13. The van der Waals surface area contributed by atoms with E-state index in [9.17, 15) is 24.0 Å². The Morgan fingerprint density at radius 2 is 1.82 bits per heavy atom. The Labute approximate surface area is 379 Å². The first-order chi connectivity index (χ1) is 31.3. The fourth-order valence-electron chi connectivity index (χ4n) is 10.1. The van der Waals surface area contributed by atoms with Crippen molar-refractivity contribution in [3.8, 4) is 5.75 Å². The van der Waals surface area contributed by atoms with Gasteiger partial charge < -0.3 is 39.6 Å². The Balaban J connectivity index is 0.765. The average molecular weight is 914 g/mol. The number of piperidine rings is 3. The number of carbonyl (C=O) groups is 4. The van der Waals surface area contributed by atoms with Crippen LogP contribution in [0.25, 0.3) is 10.9 Å². The highest BCUT2D eigenvalue weighted by atomic mass is 35.5. The molecule has 19 heteroatoms. The van der Waals surface area contributed by atoms with Crippen molar-refractivity contribution in [2.24, 2.45) is 5.73 Å². The molecule has 0 spiro atoms. The molecule has 9 rings (SSSR count). The number of aromatic nitrogens is 3. The van der Waals surface area contributed by atoms with Gasteiger partial charge in [0, 0.05) is 73.4 Å². The van der Waals surface area contributed by atoms with E-state index >= 15 is 4.39 Å². The number of carbonyl (C=O) groups excluding carboxylic acids is 4. The molecule has 65 heavy (non-hydrogen) atoms. The second-order valence-electron chi connectivity index (χ2n) is 17.9. The molecule has 0 bridgehead atoms. The van der Waals surface area contributed by atoms with Crippen LogP contribution in [0.3, 0.4) is 0 Å². The largest absolute Gasteiger partial charge is 0.478 e. The number of pyridine rings is 1. The van der Waals surface area contributed by atoms with Crippen LogP contribution in [0.15, 0.2) is 47.4 Å². The third-order valence-electron chi connectivity index (χ3n) is 13.6. The van der Waals surface area contributed by atoms with Crippen LogP contribution in [0.2, 0.25) is 5.02 Å². The number of anilines is 3. The lowest BCUT2D eigenvalue weighted by atomic mass is 9.81. The number of nitrogens with zero attached hydrogens (tertiary/aromatic N) is 6. The van der Waals surface area contributed by atoms with Crippen LogP contribution in [0.5, 0.6) is 5.75 Å². The zero-order valence-electron chi connectivity index (χ0n) is 36.6. The van der Waals surface area contributed by atoms with Crippen molar-refractivity contribution in [3.63, 3.8) is 0 Å². The highest BCUT2D eigenvalue weighted by Gasteiger charge is 2.44. The van der Waals surface area contributed by atoms with Crippen LogP contribution in [0.4, 0.5) is 21.8 Å². The van der Waals surface area contributed by atoms with Crippen LogP contribution >= 0.6 is 11.6 Å². The van der Waals surface area contributed by atoms with Gasteiger partial charge in [0.15, 0.2) is 18.2 Å². The molecule has 4 fully saturated rings. The van der Waals surface area contributed by atoms with Crippen LogP contribution in [-0.2, 0) is 30.4 Å². The number of halogens is 2. The molecule has 1 unspecified atom stereocenters. The van der Waals surface area contributed by atoms with E-state index in [2.05, 4.69) is 25.4 Å². The topological polar surface area (TPSA) is 204 Å². The number of primary amides is 1. The molecular weight excluding hydrogens is 861 g/mol. The third kappa shape index (κ3) is 8.88. The molecule has 3 saturated heterocycles. The second-order valence-corrected chi connectivity index (χ2v) is 18.3. The predicted octanol–water partition coefficient (Wildman–Crippen LogP) is 4.55. The van der Waals surface area contributed by atoms with Gasteiger partial charge >= 0.3 is 0 Å². The molecule has 17 nitrogen and oxygen atoms in total. The van der Waals surface area contributed by atoms with E-state index in [4.69, 9.17) is 36.5 Å². The Hall–Kier alpha value is -5.69. The minimum Gasteiger partial charge on any atom is -0.478 e. The molecule has 4 aliphatic heterocycles. The van der Waals surface area contributed by atoms with Gasteiger partial charge in [-0.1, -0.05) is 17.7 Å². The molecule has 2 aromatic heterocycles. The summed E-state index contributed by atoms with van der Waals surface area (Å²) in [6.07, 6.45) is 6.12. The van der Waals surface area contributed by atoms with Crippen molar-refractivity contribution in [1.82, 2.24) is 29.7 Å². The molecular formula is C46H53ClFN9O8. The summed E-state index contributed by atoms with van der Waals surface area (Å²) >= 11 is 6.58. The summed E-state index contributed by atoms with van der Waals surface area (Å²) in [7, 11) is 1.66. The minimum atomic E-state index is -0.801. The predicted molar refractivity (Wildman–Crippen MR) is 239 cm³/mol. The number of ether oxygens (including phenoxy) is 3. The summed E-state index contributed by atoms with van der Waals surface area (Å²) < 4.78 is 35.9. The van der Waals surface area contributed by atoms with E-state index in [1.807, 2.05) is 32.0 Å². The Morgan fingerprint density at radius 1 is 1.03 bits per heavy atom. The number of nitrogens with one attached hydrogen (secondary N) is 2. The SMILES string of the molecule is CO[C@@H]1CN([C@H]2C[C@H](OC3CCN(c4ncc(Cl)c(Nc5ccc6c(c5)cc(OCC(N)=O)c(=O)n6C(C)C)n4)CC3)C2)CC[C@@H]1c1ccc2c(c1F)CN(C1CCC(=O)NC1=O)C2=O. The van der Waals surface area contributed by atoms with Gasteiger partial charge in [0.1, 0.15) is 16.9 Å². The van der Waals surface area contributed by atoms with E-state index in [1.165, 1.54) is 4.90 Å². The van der Waals surface area contributed by atoms with Crippen molar-refractivity contribution in [1.29, 1.82) is 0 Å². The highest BCUT2D eigenvalue weighted by Crippen LogP contribution is 2.40. The number of fused-ring (bicyclic) bond motifs is 2. The standard InChI is InChI=1S/C46H53ClFN9O8/c1-24(2)57-35-7-4-26(16-25(35)17-37(45(57)62)64-23-39(49)58)51-42-34(47)20-50-46(53-42)54-13-10-28(11-14-54)65-29-18-27(19-29)55-15-12-30(38(22-55)63-3)31-5-6-32-33(41(31)48)21-56(44(32)61)36-8-9-40(59)52-43(36)60/h4-7,16-17,20,24,27-30,36,38H,8-15,18-19,21-23H2,1-3H3,(H2,49,58)(H,50,51,53)(H,52,59,60)/t27-,29-,30-,36?,38-/m1/s1. The molecule has 3 atom stereocenters. The summed E-state index contributed by atoms with van der Waals surface area (Å²) in [5, 5.41) is 6.66. The van der Waals surface area contributed by atoms with Crippen molar-refractivity contribution in [2.75, 3.05) is 50.1 Å². The number of imide groups is 1. The molecule has 4 aromatic rings. The van der Waals surface area contributed by atoms with Crippen LogP contribution in [0, 0.1) is 5.82 Å². The number of likely N-dealkylation sites (tertiary alicyclic amines) is 1. The van der Waals surface area contributed by atoms with Gasteiger partial charge in [-0.25, -0.2) is 9.37 Å². The second kappa shape index (κ2) is 18.3. The first-order valence-corrected chi connectivity index (χ1v) is 22.7. The fraction of sp³-hybridized carbons (Fsp3) is 0.500. The number of benzene rings is 2. The van der Waals surface area contributed by atoms with E-state index in [0.29, 0.717) is 76.6 Å². The molecule has 2 aromatic carbocycles. The van der Waals surface area contributed by atoms with E-state index in [1.54, 1.807) is 36.1 Å². The lowest BCUT2D eigenvalue weighted by molar-refractivity contribution is -0.137. The summed E-state index contributed by atoms with van der Waals surface area (Å²) in [4.78, 5) is 77.2. The smallest absolute Gasteiger partial charge is 0.293 e. The monoisotopic (exact) mass is 913 g/mol. The van der Waals surface area contributed by atoms with Gasteiger partial charge in [-0.3, -0.25) is 34.2 Å². The third-order valence-corrected chi connectivity index (χ3v) is 13.8. The summed E-state index contributed by atoms with van der Waals surface area (Å²) in [5.41, 5.74) is 7.39. The van der Waals surface area contributed by atoms with Crippen molar-refractivity contribution in [3.05, 3.63) is 80.5 Å². The van der Waals surface area contributed by atoms with Crippen LogP contribution in [0.1, 0.15) is 92.2 Å². The molecule has 4 N–H and O–H groups in total. The Morgan fingerprint density at radius 3 is 2.54 bits per heavy atom. The number of amides is 4. The molecule has 1 saturated carbocycles. The normalized spacial score (nSPS) is 24.0. The molecule has 5 aliphatic rings. The first-order valence-electron chi connectivity index (χ1n) is 22.3. The van der Waals surface area contributed by atoms with Crippen molar-refractivity contribution in [2.45, 2.75) is 108 Å². The van der Waals surface area contributed by atoms with E-state index in [0.717, 1.165) is 32.2 Å². The van der Waals surface area contributed by atoms with Gasteiger partial charge in [0.2, 0.25) is 17.8 Å². The molecule has 0 radical (unpaired) electrons. The minimum absolute atomic E-state index is 0.00728. The highest BCUT2D eigenvalue weighted by molar-refractivity contribution is 6.33.